The van der Waals surface area contributed by atoms with E-state index in [0.29, 0.717) is 17.6 Å². The molecule has 0 bridgehead atoms. The van der Waals surface area contributed by atoms with Gasteiger partial charge < -0.3 is 18.9 Å². The van der Waals surface area contributed by atoms with Crippen LogP contribution in [0.2, 0.25) is 0 Å². The van der Waals surface area contributed by atoms with E-state index in [2.05, 4.69) is 6.92 Å². The van der Waals surface area contributed by atoms with E-state index in [0.717, 1.165) is 12.8 Å². The van der Waals surface area contributed by atoms with Crippen LogP contribution in [0.1, 0.15) is 104 Å². The van der Waals surface area contributed by atoms with Gasteiger partial charge in [-0.2, -0.15) is 0 Å². The van der Waals surface area contributed by atoms with Crippen LogP contribution in [-0.2, 0) is 27.9 Å². The first-order valence-electron chi connectivity index (χ1n) is 13.8. The molecule has 0 aromatic heterocycles. The van der Waals surface area contributed by atoms with Crippen molar-refractivity contribution in [2.24, 2.45) is 0 Å². The number of rotatable bonds is 25. The van der Waals surface area contributed by atoms with Crippen molar-refractivity contribution >= 4 is 13.8 Å². The molecule has 0 saturated heterocycles. The molecule has 0 aromatic carbocycles. The molecule has 8 nitrogen and oxygen atoms in total. The Bertz CT molecular complexity index is 554. The summed E-state index contributed by atoms with van der Waals surface area (Å²) in [5.74, 6) is -0.401. The molecule has 35 heavy (non-hydrogen) atoms. The number of hydrogen-bond acceptors (Lipinski definition) is 6. The van der Waals surface area contributed by atoms with E-state index >= 15 is 0 Å². The van der Waals surface area contributed by atoms with Crippen LogP contribution in [0, 0.1) is 0 Å². The highest BCUT2D eigenvalue weighted by molar-refractivity contribution is 7.47. The fraction of sp³-hybridized carbons (Fsp3) is 0.962. The number of hydrogen-bond donors (Lipinski definition) is 1. The third-order valence-electron chi connectivity index (χ3n) is 5.72. The van der Waals surface area contributed by atoms with Crippen LogP contribution in [0.25, 0.3) is 0 Å². The van der Waals surface area contributed by atoms with Gasteiger partial charge in [0.2, 0.25) is 0 Å². The zero-order valence-electron chi connectivity index (χ0n) is 23.3. The first-order valence-corrected chi connectivity index (χ1v) is 15.3. The summed E-state index contributed by atoms with van der Waals surface area (Å²) in [6, 6.07) is 0. The summed E-state index contributed by atoms with van der Waals surface area (Å²) < 4.78 is 33.7. The van der Waals surface area contributed by atoms with Crippen LogP contribution < -0.4 is 0 Å². The van der Waals surface area contributed by atoms with Crippen LogP contribution >= 0.6 is 7.82 Å². The fourth-order valence-corrected chi connectivity index (χ4v) is 4.21. The maximum absolute atomic E-state index is 12.1. The molecule has 0 aromatic rings. The van der Waals surface area contributed by atoms with Crippen molar-refractivity contribution in [2.75, 3.05) is 54.1 Å². The second-order valence-electron chi connectivity index (χ2n) is 10.4. The number of phosphoric ester groups is 1. The quantitative estimate of drug-likeness (QED) is 0.0653. The lowest BCUT2D eigenvalue weighted by atomic mass is 10.0. The van der Waals surface area contributed by atoms with Crippen molar-refractivity contribution in [3.63, 3.8) is 0 Å². The van der Waals surface area contributed by atoms with Gasteiger partial charge in [-0.05, 0) is 6.42 Å². The first kappa shape index (κ1) is 34.5. The number of esters is 1. The van der Waals surface area contributed by atoms with Gasteiger partial charge in [0.05, 0.1) is 34.4 Å². The van der Waals surface area contributed by atoms with Gasteiger partial charge in [-0.1, -0.05) is 90.9 Å². The van der Waals surface area contributed by atoms with Gasteiger partial charge >= 0.3 is 13.8 Å². The van der Waals surface area contributed by atoms with E-state index in [-0.39, 0.29) is 26.2 Å². The maximum atomic E-state index is 12.1. The van der Waals surface area contributed by atoms with Crippen molar-refractivity contribution < 1.29 is 37.3 Å². The number of unbranched alkanes of at least 4 members (excludes halogenated alkanes) is 12. The average Bonchev–Trinajstić information content (AvgIpc) is 2.78. The standard InChI is InChI=1S/C26H54NO7P/c1-6-8-9-10-11-12-13-14-15-16-17-18-19-21-31-23-25(34-26(28)7-2)24-33-35(29,30)32-22-20-27(3,4)5/h25H,6-24H2,1-5H3/p+1. The highest BCUT2D eigenvalue weighted by Gasteiger charge is 2.26. The molecule has 1 N–H and O–H groups in total. The number of nitrogens with zero attached hydrogens (tertiary/aromatic N) is 1. The van der Waals surface area contributed by atoms with E-state index in [1.807, 2.05) is 21.1 Å². The Morgan fingerprint density at radius 2 is 1.29 bits per heavy atom. The second-order valence-corrected chi connectivity index (χ2v) is 11.8. The smallest absolute Gasteiger partial charge is 0.457 e. The molecule has 9 heteroatoms. The third kappa shape index (κ3) is 25.0. The van der Waals surface area contributed by atoms with Crippen LogP contribution in [0.3, 0.4) is 0 Å². The predicted octanol–water partition coefficient (Wildman–Crippen LogP) is 6.26. The number of ether oxygens (including phenoxy) is 2. The summed E-state index contributed by atoms with van der Waals surface area (Å²) in [5.41, 5.74) is 0. The first-order chi connectivity index (χ1) is 16.6. The molecule has 0 radical (unpaired) electrons. The van der Waals surface area contributed by atoms with Crippen molar-refractivity contribution in [1.82, 2.24) is 0 Å². The lowest BCUT2D eigenvalue weighted by Gasteiger charge is -2.24. The minimum atomic E-state index is -4.22. The average molecular weight is 525 g/mol. The molecule has 2 unspecified atom stereocenters. The molecule has 0 amide bonds. The summed E-state index contributed by atoms with van der Waals surface area (Å²) in [6.07, 6.45) is 16.2. The van der Waals surface area contributed by atoms with Crippen LogP contribution in [0.15, 0.2) is 0 Å². The largest absolute Gasteiger partial charge is 0.472 e. The van der Waals surface area contributed by atoms with Crippen molar-refractivity contribution in [3.05, 3.63) is 0 Å². The van der Waals surface area contributed by atoms with Crippen LogP contribution in [0.4, 0.5) is 0 Å². The molecule has 0 aliphatic heterocycles. The molecular weight excluding hydrogens is 469 g/mol. The minimum absolute atomic E-state index is 0.0895. The summed E-state index contributed by atoms with van der Waals surface area (Å²) in [6.45, 7) is 5.04. The molecule has 0 rings (SSSR count). The minimum Gasteiger partial charge on any atom is -0.457 e. The third-order valence-corrected chi connectivity index (χ3v) is 6.71. The van der Waals surface area contributed by atoms with E-state index in [9.17, 15) is 14.3 Å². The molecule has 2 atom stereocenters. The van der Waals surface area contributed by atoms with E-state index < -0.39 is 19.9 Å². The van der Waals surface area contributed by atoms with Gasteiger partial charge in [0.1, 0.15) is 19.3 Å². The molecule has 0 fully saturated rings. The molecule has 0 aliphatic carbocycles. The fourth-order valence-electron chi connectivity index (χ4n) is 3.47. The molecule has 0 heterocycles. The molecule has 0 spiro atoms. The SMILES string of the molecule is CCCCCCCCCCCCCCCOCC(COP(=O)(O)OCC[N+](C)(C)C)OC(=O)CC. The van der Waals surface area contributed by atoms with Crippen molar-refractivity contribution in [3.8, 4) is 0 Å². The highest BCUT2D eigenvalue weighted by atomic mass is 31.2. The Hall–Kier alpha value is -0.500. The highest BCUT2D eigenvalue weighted by Crippen LogP contribution is 2.43. The summed E-state index contributed by atoms with van der Waals surface area (Å²) >= 11 is 0. The van der Waals surface area contributed by atoms with Gasteiger partial charge in [0.15, 0.2) is 0 Å². The van der Waals surface area contributed by atoms with Gasteiger partial charge in [-0.15, -0.1) is 0 Å². The van der Waals surface area contributed by atoms with E-state index in [1.54, 1.807) is 6.92 Å². The second kappa shape index (κ2) is 21.6. The predicted molar refractivity (Wildman–Crippen MR) is 141 cm³/mol. The van der Waals surface area contributed by atoms with E-state index in [4.69, 9.17) is 18.5 Å². The van der Waals surface area contributed by atoms with Crippen molar-refractivity contribution in [2.45, 2.75) is 110 Å². The van der Waals surface area contributed by atoms with E-state index in [1.165, 1.54) is 70.6 Å². The number of quaternary nitrogens is 1. The Morgan fingerprint density at radius 1 is 0.771 bits per heavy atom. The summed E-state index contributed by atoms with van der Waals surface area (Å²) in [4.78, 5) is 21.6. The lowest BCUT2D eigenvalue weighted by molar-refractivity contribution is -0.870. The summed E-state index contributed by atoms with van der Waals surface area (Å²) in [7, 11) is 1.66. The van der Waals surface area contributed by atoms with Gasteiger partial charge in [0, 0.05) is 13.0 Å². The molecular formula is C26H55NO7P+. The Morgan fingerprint density at radius 3 is 1.77 bits per heavy atom. The Labute approximate surface area is 215 Å². The number of phosphoric acid groups is 1. The van der Waals surface area contributed by atoms with Gasteiger partial charge in [-0.25, -0.2) is 4.57 Å². The lowest BCUT2D eigenvalue weighted by Crippen LogP contribution is -2.37. The topological polar surface area (TPSA) is 91.3 Å². The zero-order valence-corrected chi connectivity index (χ0v) is 24.2. The Kier molecular flexibility index (Phi) is 21.3. The van der Waals surface area contributed by atoms with Crippen LogP contribution in [-0.4, -0.2) is 75.6 Å². The number of carbonyl (C=O) groups is 1. The number of carbonyl (C=O) groups excluding carboxylic acids is 1. The number of likely N-dealkylation sites (N-methyl/N-ethyl adjacent to an activating group) is 1. The monoisotopic (exact) mass is 524 g/mol. The zero-order chi connectivity index (χ0) is 26.4. The van der Waals surface area contributed by atoms with Crippen LogP contribution in [0.5, 0.6) is 0 Å². The van der Waals surface area contributed by atoms with Crippen molar-refractivity contribution in [1.29, 1.82) is 0 Å². The maximum Gasteiger partial charge on any atom is 0.472 e. The normalized spacial score (nSPS) is 14.6. The van der Waals surface area contributed by atoms with Gasteiger partial charge in [0.25, 0.3) is 0 Å². The van der Waals surface area contributed by atoms with Gasteiger partial charge in [-0.3, -0.25) is 13.8 Å². The Balaban J connectivity index is 3.91. The molecule has 0 aliphatic rings. The molecule has 0 saturated carbocycles. The summed E-state index contributed by atoms with van der Waals surface area (Å²) in [5, 5.41) is 0. The molecule has 210 valence electrons.